The second kappa shape index (κ2) is 10.2. The van der Waals surface area contributed by atoms with Crippen LogP contribution in [0.3, 0.4) is 0 Å². The first kappa shape index (κ1) is 23.1. The smallest absolute Gasteiger partial charge is 0.196 e. The van der Waals surface area contributed by atoms with E-state index in [4.69, 9.17) is 46.4 Å². The standard InChI is InChI=1S/C26H19Cl4NO/c27-22-8-6-18(24(29)12-22)10-20-15-31(14-17-4-2-1-3-5-17)16-21(26(20)32)11-19-7-9-23(28)13-25(19)30/h1-13H,14-16H2/p+1/b20-10-,21-11+. The molecule has 0 radical (unpaired) electrons. The van der Waals surface area contributed by atoms with Gasteiger partial charge in [-0.05, 0) is 47.5 Å². The zero-order chi connectivity index (χ0) is 22.7. The van der Waals surface area contributed by atoms with E-state index in [2.05, 4.69) is 12.1 Å². The van der Waals surface area contributed by atoms with E-state index in [1.165, 1.54) is 10.5 Å². The summed E-state index contributed by atoms with van der Waals surface area (Å²) in [6, 6.07) is 20.8. The molecule has 1 saturated heterocycles. The van der Waals surface area contributed by atoms with Gasteiger partial charge in [0.25, 0.3) is 0 Å². The average Bonchev–Trinajstić information content (AvgIpc) is 2.76. The van der Waals surface area contributed by atoms with Crippen molar-refractivity contribution in [1.82, 2.24) is 0 Å². The van der Waals surface area contributed by atoms with Crippen molar-refractivity contribution >= 4 is 64.3 Å². The Kier molecular flexibility index (Phi) is 7.40. The highest BCUT2D eigenvalue weighted by Gasteiger charge is 2.29. The van der Waals surface area contributed by atoms with E-state index < -0.39 is 0 Å². The first-order valence-electron chi connectivity index (χ1n) is 10.1. The van der Waals surface area contributed by atoms with Crippen molar-refractivity contribution in [2.45, 2.75) is 6.54 Å². The zero-order valence-corrected chi connectivity index (χ0v) is 20.1. The van der Waals surface area contributed by atoms with Crippen LogP contribution in [0.25, 0.3) is 12.2 Å². The van der Waals surface area contributed by atoms with Gasteiger partial charge in [-0.2, -0.15) is 0 Å². The van der Waals surface area contributed by atoms with Gasteiger partial charge in [-0.3, -0.25) is 4.79 Å². The lowest BCUT2D eigenvalue weighted by molar-refractivity contribution is -0.904. The van der Waals surface area contributed by atoms with E-state index in [0.29, 0.717) is 44.3 Å². The van der Waals surface area contributed by atoms with Crippen LogP contribution in [-0.4, -0.2) is 18.9 Å². The molecule has 3 aromatic rings. The maximum atomic E-state index is 13.4. The Bertz CT molecular complexity index is 1140. The van der Waals surface area contributed by atoms with Gasteiger partial charge in [0.15, 0.2) is 5.78 Å². The van der Waals surface area contributed by atoms with Crippen LogP contribution in [0.5, 0.6) is 0 Å². The highest BCUT2D eigenvalue weighted by atomic mass is 35.5. The zero-order valence-electron chi connectivity index (χ0n) is 17.0. The molecule has 4 rings (SSSR count). The number of nitrogens with one attached hydrogen (secondary N) is 1. The first-order chi connectivity index (χ1) is 15.4. The fraction of sp³-hybridized carbons (Fsp3) is 0.115. The number of piperidine rings is 1. The molecule has 6 heteroatoms. The number of rotatable bonds is 4. The lowest BCUT2D eigenvalue weighted by atomic mass is 9.94. The number of hydrogen-bond acceptors (Lipinski definition) is 1. The van der Waals surface area contributed by atoms with Crippen molar-refractivity contribution in [1.29, 1.82) is 0 Å². The third-order valence-electron chi connectivity index (χ3n) is 5.35. The molecule has 1 N–H and O–H groups in total. The Balaban J connectivity index is 1.72. The Morgan fingerprint density at radius 1 is 0.719 bits per heavy atom. The first-order valence-corrected chi connectivity index (χ1v) is 11.6. The quantitative estimate of drug-likeness (QED) is 0.406. The van der Waals surface area contributed by atoms with Gasteiger partial charge in [0.05, 0.1) is 11.1 Å². The largest absolute Gasteiger partial charge is 0.323 e. The number of likely N-dealkylation sites (tertiary alicyclic amines) is 1. The van der Waals surface area contributed by atoms with Crippen LogP contribution in [0.15, 0.2) is 77.9 Å². The summed E-state index contributed by atoms with van der Waals surface area (Å²) in [6.45, 7) is 1.99. The van der Waals surface area contributed by atoms with Crippen LogP contribution in [0.1, 0.15) is 16.7 Å². The van der Waals surface area contributed by atoms with E-state index in [-0.39, 0.29) is 5.78 Å². The third kappa shape index (κ3) is 5.64. The molecule has 1 heterocycles. The van der Waals surface area contributed by atoms with Crippen LogP contribution in [0.4, 0.5) is 0 Å². The maximum absolute atomic E-state index is 13.4. The third-order valence-corrected chi connectivity index (χ3v) is 6.47. The monoisotopic (exact) mass is 502 g/mol. The normalized spacial score (nSPS) is 19.0. The number of benzene rings is 3. The Hall–Kier alpha value is -2.07. The fourth-order valence-electron chi connectivity index (χ4n) is 3.82. The minimum Gasteiger partial charge on any atom is -0.323 e. The van der Waals surface area contributed by atoms with E-state index in [1.54, 1.807) is 24.3 Å². The van der Waals surface area contributed by atoms with Crippen LogP contribution in [0.2, 0.25) is 20.1 Å². The summed E-state index contributed by atoms with van der Waals surface area (Å²) in [4.78, 5) is 14.7. The molecule has 0 bridgehead atoms. The molecule has 32 heavy (non-hydrogen) atoms. The molecule has 2 nitrogen and oxygen atoms in total. The Morgan fingerprint density at radius 3 is 1.69 bits per heavy atom. The van der Waals surface area contributed by atoms with E-state index in [1.807, 2.05) is 42.5 Å². The van der Waals surface area contributed by atoms with Gasteiger partial charge in [-0.15, -0.1) is 0 Å². The van der Waals surface area contributed by atoms with Gasteiger partial charge in [-0.25, -0.2) is 0 Å². The van der Waals surface area contributed by atoms with E-state index >= 15 is 0 Å². The number of Topliss-reactive ketones (excluding diaryl/α,β-unsaturated/α-hetero) is 1. The van der Waals surface area contributed by atoms with Gasteiger partial charge >= 0.3 is 0 Å². The van der Waals surface area contributed by atoms with Crippen LogP contribution < -0.4 is 4.90 Å². The molecule has 1 fully saturated rings. The number of carbonyl (C=O) groups excluding carboxylic acids is 1. The summed E-state index contributed by atoms with van der Waals surface area (Å²) in [5.41, 5.74) is 4.14. The Labute approximate surface area is 207 Å². The molecule has 1 aliphatic heterocycles. The molecule has 0 spiro atoms. The van der Waals surface area contributed by atoms with Crippen molar-refractivity contribution in [3.63, 3.8) is 0 Å². The van der Waals surface area contributed by atoms with Crippen LogP contribution in [0, 0.1) is 0 Å². The molecule has 3 aromatic carbocycles. The van der Waals surface area contributed by atoms with Crippen molar-refractivity contribution in [2.75, 3.05) is 13.1 Å². The van der Waals surface area contributed by atoms with Gasteiger partial charge in [0.2, 0.25) is 0 Å². The summed E-state index contributed by atoms with van der Waals surface area (Å²) >= 11 is 24.8. The maximum Gasteiger partial charge on any atom is 0.196 e. The minimum atomic E-state index is -0.00107. The van der Waals surface area contributed by atoms with Crippen molar-refractivity contribution in [3.8, 4) is 0 Å². The molecule has 0 aliphatic carbocycles. The number of carbonyl (C=O) groups is 1. The van der Waals surface area contributed by atoms with Gasteiger partial charge < -0.3 is 4.90 Å². The van der Waals surface area contributed by atoms with Crippen LogP contribution in [-0.2, 0) is 11.3 Å². The van der Waals surface area contributed by atoms with Gasteiger partial charge in [-0.1, -0.05) is 88.9 Å². The lowest BCUT2D eigenvalue weighted by Gasteiger charge is -2.27. The van der Waals surface area contributed by atoms with Crippen molar-refractivity contribution in [3.05, 3.63) is 115 Å². The molecular weight excluding hydrogens is 484 g/mol. The number of halogens is 4. The molecule has 1 aliphatic rings. The molecule has 162 valence electrons. The summed E-state index contributed by atoms with van der Waals surface area (Å²) in [5.74, 6) is -0.00107. The highest BCUT2D eigenvalue weighted by molar-refractivity contribution is 6.36. The SMILES string of the molecule is O=C1/C(=C\c2ccc(Cl)cc2Cl)C[NH+](Cc2ccccc2)C/C1=C\c1ccc(Cl)cc1Cl. The lowest BCUT2D eigenvalue weighted by Crippen LogP contribution is -3.12. The molecule has 0 aromatic heterocycles. The molecular formula is C26H20Cl4NO+. The number of quaternary nitrogens is 1. The van der Waals surface area contributed by atoms with Crippen molar-refractivity contribution < 1.29 is 9.69 Å². The predicted octanol–water partition coefficient (Wildman–Crippen LogP) is 6.44. The molecule has 1 atom stereocenters. The number of hydrogen-bond donors (Lipinski definition) is 1. The average molecular weight is 504 g/mol. The summed E-state index contributed by atoms with van der Waals surface area (Å²) in [6.07, 6.45) is 3.73. The topological polar surface area (TPSA) is 21.5 Å². The van der Waals surface area contributed by atoms with Crippen molar-refractivity contribution in [2.24, 2.45) is 0 Å². The summed E-state index contributed by atoms with van der Waals surface area (Å²) < 4.78 is 0. The van der Waals surface area contributed by atoms with Crippen LogP contribution >= 0.6 is 46.4 Å². The minimum absolute atomic E-state index is 0.00107. The molecule has 1 unspecified atom stereocenters. The van der Waals surface area contributed by atoms with E-state index in [9.17, 15) is 4.79 Å². The summed E-state index contributed by atoms with van der Waals surface area (Å²) in [7, 11) is 0. The van der Waals surface area contributed by atoms with E-state index in [0.717, 1.165) is 17.7 Å². The highest BCUT2D eigenvalue weighted by Crippen LogP contribution is 2.26. The fourth-order valence-corrected chi connectivity index (χ4v) is 4.75. The molecule has 0 saturated carbocycles. The summed E-state index contributed by atoms with van der Waals surface area (Å²) in [5, 5.41) is 2.14. The second-order valence-corrected chi connectivity index (χ2v) is 9.45. The molecule has 0 amide bonds. The number of ketones is 1. The van der Waals surface area contributed by atoms with Gasteiger partial charge in [0.1, 0.15) is 19.6 Å². The van der Waals surface area contributed by atoms with Gasteiger partial charge in [0, 0.05) is 25.7 Å². The Morgan fingerprint density at radius 2 is 1.22 bits per heavy atom. The second-order valence-electron chi connectivity index (χ2n) is 7.77. The predicted molar refractivity (Wildman–Crippen MR) is 135 cm³/mol.